The molecule has 0 unspecified atom stereocenters. The molecule has 1 heteroatoms. The molecule has 0 aliphatic rings. The van der Waals surface area contributed by atoms with Gasteiger partial charge in [0.15, 0.2) is 0 Å². The minimum absolute atomic E-state index is 0.359. The second-order valence-corrected chi connectivity index (χ2v) is 4.97. The highest BCUT2D eigenvalue weighted by Crippen LogP contribution is 2.31. The molecule has 0 atom stereocenters. The molecule has 0 aliphatic carbocycles. The Morgan fingerprint density at radius 3 is 1.50 bits per heavy atom. The van der Waals surface area contributed by atoms with Gasteiger partial charge in [0.2, 0.25) is 0 Å². The second-order valence-electron chi connectivity index (χ2n) is 4.97. The van der Waals surface area contributed by atoms with E-state index in [-0.39, 0.29) is 0 Å². The fraction of sp³-hybridized carbons (Fsp3) is 1.00. The van der Waals surface area contributed by atoms with Crippen molar-refractivity contribution < 1.29 is 0 Å². The molecule has 0 heterocycles. The molecule has 1 nitrogen and oxygen atoms in total. The van der Waals surface area contributed by atoms with E-state index in [4.69, 9.17) is 0 Å². The third-order valence-corrected chi connectivity index (χ3v) is 2.75. The molecule has 12 heavy (non-hydrogen) atoms. The van der Waals surface area contributed by atoms with Crippen LogP contribution in [0.2, 0.25) is 0 Å². The highest BCUT2D eigenvalue weighted by molar-refractivity contribution is 4.88. The number of nitrogens with one attached hydrogen (secondary N) is 1. The zero-order valence-electron chi connectivity index (χ0n) is 9.62. The zero-order valence-corrected chi connectivity index (χ0v) is 9.62. The summed E-state index contributed by atoms with van der Waals surface area (Å²) >= 11 is 0. The van der Waals surface area contributed by atoms with Crippen LogP contribution in [0.25, 0.3) is 0 Å². The number of hydrogen-bond donors (Lipinski definition) is 1. The summed E-state index contributed by atoms with van der Waals surface area (Å²) in [5, 5.41) is 3.47. The van der Waals surface area contributed by atoms with Gasteiger partial charge >= 0.3 is 0 Å². The summed E-state index contributed by atoms with van der Waals surface area (Å²) in [6.07, 6.45) is 3.69. The molecule has 0 aromatic rings. The first-order valence-electron chi connectivity index (χ1n) is 5.08. The van der Waals surface area contributed by atoms with Gasteiger partial charge in [0, 0.05) is 5.54 Å². The average Bonchev–Trinajstić information content (AvgIpc) is 1.99. The van der Waals surface area contributed by atoms with Gasteiger partial charge < -0.3 is 5.32 Å². The molecule has 0 saturated heterocycles. The molecule has 0 aliphatic heterocycles. The van der Waals surface area contributed by atoms with Crippen molar-refractivity contribution in [2.24, 2.45) is 5.41 Å². The van der Waals surface area contributed by atoms with Crippen molar-refractivity contribution >= 4 is 0 Å². The average molecular weight is 171 g/mol. The number of hydrogen-bond acceptors (Lipinski definition) is 1. The van der Waals surface area contributed by atoms with Crippen LogP contribution < -0.4 is 5.32 Å². The largest absolute Gasteiger partial charge is 0.314 e. The Balaban J connectivity index is 4.30. The minimum atomic E-state index is 0.359. The van der Waals surface area contributed by atoms with Gasteiger partial charge in [0.1, 0.15) is 0 Å². The molecule has 0 rings (SSSR count). The Kier molecular flexibility index (Phi) is 4.25. The van der Waals surface area contributed by atoms with Crippen LogP contribution in [-0.2, 0) is 0 Å². The van der Waals surface area contributed by atoms with E-state index in [2.05, 4.69) is 47.0 Å². The smallest absolute Gasteiger partial charge is 0.0178 e. The first-order chi connectivity index (χ1) is 5.39. The van der Waals surface area contributed by atoms with Crippen LogP contribution in [0, 0.1) is 5.41 Å². The minimum Gasteiger partial charge on any atom is -0.314 e. The molecule has 0 aromatic heterocycles. The SMILES string of the molecule is CCC(CC)(CC(C)(C)C)NC. The Morgan fingerprint density at radius 1 is 1.00 bits per heavy atom. The third-order valence-electron chi connectivity index (χ3n) is 2.75. The maximum Gasteiger partial charge on any atom is 0.0178 e. The van der Waals surface area contributed by atoms with E-state index in [0.717, 1.165) is 0 Å². The van der Waals surface area contributed by atoms with Gasteiger partial charge in [-0.1, -0.05) is 34.6 Å². The van der Waals surface area contributed by atoms with Gasteiger partial charge in [0.05, 0.1) is 0 Å². The van der Waals surface area contributed by atoms with Gasteiger partial charge in [0.25, 0.3) is 0 Å². The quantitative estimate of drug-likeness (QED) is 0.685. The Labute approximate surface area is 77.9 Å². The van der Waals surface area contributed by atoms with Gasteiger partial charge in [-0.05, 0) is 31.7 Å². The lowest BCUT2D eigenvalue weighted by Gasteiger charge is -2.37. The van der Waals surface area contributed by atoms with Crippen LogP contribution in [0.1, 0.15) is 53.9 Å². The molecule has 0 bridgehead atoms. The molecule has 0 amide bonds. The fourth-order valence-corrected chi connectivity index (χ4v) is 1.96. The topological polar surface area (TPSA) is 12.0 Å². The predicted octanol–water partition coefficient (Wildman–Crippen LogP) is 3.20. The van der Waals surface area contributed by atoms with Crippen LogP contribution in [0.15, 0.2) is 0 Å². The summed E-state index contributed by atoms with van der Waals surface area (Å²) in [6, 6.07) is 0. The van der Waals surface area contributed by atoms with Crippen LogP contribution in [0.5, 0.6) is 0 Å². The summed E-state index contributed by atoms with van der Waals surface area (Å²) in [4.78, 5) is 0. The van der Waals surface area contributed by atoms with Gasteiger partial charge in [-0.15, -0.1) is 0 Å². The van der Waals surface area contributed by atoms with Crippen molar-refractivity contribution in [2.45, 2.75) is 59.4 Å². The van der Waals surface area contributed by atoms with E-state index >= 15 is 0 Å². The lowest BCUT2D eigenvalue weighted by atomic mass is 9.77. The maximum atomic E-state index is 3.47. The van der Waals surface area contributed by atoms with Gasteiger partial charge in [-0.2, -0.15) is 0 Å². The summed E-state index contributed by atoms with van der Waals surface area (Å²) in [5.74, 6) is 0. The van der Waals surface area contributed by atoms with Gasteiger partial charge in [-0.3, -0.25) is 0 Å². The van der Waals surface area contributed by atoms with Crippen LogP contribution in [0.4, 0.5) is 0 Å². The van der Waals surface area contributed by atoms with E-state index in [1.54, 1.807) is 0 Å². The molecular weight excluding hydrogens is 146 g/mol. The molecule has 0 aromatic carbocycles. The summed E-state index contributed by atoms with van der Waals surface area (Å²) in [6.45, 7) is 11.5. The van der Waals surface area contributed by atoms with Crippen LogP contribution >= 0.6 is 0 Å². The van der Waals surface area contributed by atoms with Gasteiger partial charge in [-0.25, -0.2) is 0 Å². The fourth-order valence-electron chi connectivity index (χ4n) is 1.96. The van der Waals surface area contributed by atoms with E-state index in [9.17, 15) is 0 Å². The molecule has 0 radical (unpaired) electrons. The Bertz CT molecular complexity index is 109. The first-order valence-corrected chi connectivity index (χ1v) is 5.08. The van der Waals surface area contributed by atoms with E-state index in [1.165, 1.54) is 19.3 Å². The van der Waals surface area contributed by atoms with Crippen molar-refractivity contribution in [1.82, 2.24) is 5.32 Å². The second kappa shape index (κ2) is 4.27. The van der Waals surface area contributed by atoms with E-state index in [1.807, 2.05) is 0 Å². The maximum absolute atomic E-state index is 3.47. The standard InChI is InChI=1S/C11H25N/c1-7-11(8-2,12-6)9-10(3,4)5/h12H,7-9H2,1-6H3. The van der Waals surface area contributed by atoms with Crippen molar-refractivity contribution in [3.05, 3.63) is 0 Å². The lowest BCUT2D eigenvalue weighted by Crippen LogP contribution is -2.44. The van der Waals surface area contributed by atoms with Crippen molar-refractivity contribution in [3.8, 4) is 0 Å². The highest BCUT2D eigenvalue weighted by atomic mass is 14.9. The first kappa shape index (κ1) is 12.0. The normalized spacial score (nSPS) is 13.5. The van der Waals surface area contributed by atoms with Crippen molar-refractivity contribution in [1.29, 1.82) is 0 Å². The molecule has 74 valence electrons. The summed E-state index contributed by atoms with van der Waals surface area (Å²) < 4.78 is 0. The van der Waals surface area contributed by atoms with E-state index < -0.39 is 0 Å². The van der Waals surface area contributed by atoms with Crippen molar-refractivity contribution in [3.63, 3.8) is 0 Å². The van der Waals surface area contributed by atoms with Crippen LogP contribution in [0.3, 0.4) is 0 Å². The molecular formula is C11H25N. The van der Waals surface area contributed by atoms with Crippen LogP contribution in [-0.4, -0.2) is 12.6 Å². The number of rotatable bonds is 4. The Morgan fingerprint density at radius 2 is 1.42 bits per heavy atom. The lowest BCUT2D eigenvalue weighted by molar-refractivity contribution is 0.205. The molecule has 0 saturated carbocycles. The van der Waals surface area contributed by atoms with Crippen molar-refractivity contribution in [2.75, 3.05) is 7.05 Å². The third kappa shape index (κ3) is 3.57. The predicted molar refractivity (Wildman–Crippen MR) is 56.4 cm³/mol. The Hall–Kier alpha value is -0.0400. The van der Waals surface area contributed by atoms with E-state index in [0.29, 0.717) is 11.0 Å². The summed E-state index contributed by atoms with van der Waals surface area (Å²) in [7, 11) is 2.08. The molecule has 1 N–H and O–H groups in total. The molecule has 0 spiro atoms. The summed E-state index contributed by atoms with van der Waals surface area (Å²) in [5.41, 5.74) is 0.785. The molecule has 0 fully saturated rings. The monoisotopic (exact) mass is 171 g/mol. The highest BCUT2D eigenvalue weighted by Gasteiger charge is 2.29. The zero-order chi connectivity index (χ0) is 9.83.